The van der Waals surface area contributed by atoms with Crippen LogP contribution in [0, 0.1) is 11.3 Å². The highest BCUT2D eigenvalue weighted by Gasteiger charge is 2.10. The molecular formula is C13H15ClN2O2. The number of ether oxygens (including phenoxy) is 1. The van der Waals surface area contributed by atoms with Crippen LogP contribution in [-0.4, -0.2) is 18.6 Å². The molecule has 96 valence electrons. The predicted molar refractivity (Wildman–Crippen MR) is 69.4 cm³/mol. The normalized spacial score (nSPS) is 11.4. The summed E-state index contributed by atoms with van der Waals surface area (Å²) in [6, 6.07) is 8.32. The van der Waals surface area contributed by atoms with E-state index >= 15 is 0 Å². The number of hydrogen-bond donors (Lipinski definition) is 1. The highest BCUT2D eigenvalue weighted by molar-refractivity contribution is 6.30. The molecule has 4 nitrogen and oxygen atoms in total. The van der Waals surface area contributed by atoms with Crippen LogP contribution in [0.4, 0.5) is 0 Å². The maximum absolute atomic E-state index is 11.5. The summed E-state index contributed by atoms with van der Waals surface area (Å²) in [5.41, 5.74) is 0. The van der Waals surface area contributed by atoms with E-state index in [0.717, 1.165) is 6.42 Å². The summed E-state index contributed by atoms with van der Waals surface area (Å²) < 4.78 is 5.27. The fourth-order valence-corrected chi connectivity index (χ4v) is 1.50. The molecule has 0 aliphatic heterocycles. The third-order valence-electron chi connectivity index (χ3n) is 2.25. The number of carbonyl (C=O) groups is 1. The molecule has 5 heteroatoms. The van der Waals surface area contributed by atoms with Gasteiger partial charge in [-0.15, -0.1) is 0 Å². The van der Waals surface area contributed by atoms with Crippen LogP contribution >= 0.6 is 11.6 Å². The highest BCUT2D eigenvalue weighted by atomic mass is 35.5. The van der Waals surface area contributed by atoms with Gasteiger partial charge in [0.1, 0.15) is 11.8 Å². The summed E-state index contributed by atoms with van der Waals surface area (Å²) in [5.74, 6) is 0.267. The highest BCUT2D eigenvalue weighted by Crippen LogP contribution is 2.15. The zero-order chi connectivity index (χ0) is 13.4. The second kappa shape index (κ2) is 7.57. The van der Waals surface area contributed by atoms with E-state index in [1.165, 1.54) is 0 Å². The molecule has 0 aliphatic rings. The first kappa shape index (κ1) is 14.3. The summed E-state index contributed by atoms with van der Waals surface area (Å²) in [4.78, 5) is 11.5. The molecule has 0 heterocycles. The van der Waals surface area contributed by atoms with Gasteiger partial charge in [0.2, 0.25) is 0 Å². The van der Waals surface area contributed by atoms with Crippen molar-refractivity contribution in [3.8, 4) is 11.8 Å². The van der Waals surface area contributed by atoms with Crippen molar-refractivity contribution in [2.24, 2.45) is 0 Å². The Labute approximate surface area is 112 Å². The zero-order valence-electron chi connectivity index (χ0n) is 10.1. The molecule has 1 aromatic carbocycles. The lowest BCUT2D eigenvalue weighted by atomic mass is 10.2. The van der Waals surface area contributed by atoms with Gasteiger partial charge in [0.25, 0.3) is 5.91 Å². The van der Waals surface area contributed by atoms with E-state index in [1.807, 2.05) is 13.0 Å². The predicted octanol–water partition coefficient (Wildman–Crippen LogP) is 2.53. The van der Waals surface area contributed by atoms with Crippen LogP contribution in [0.25, 0.3) is 0 Å². The maximum atomic E-state index is 11.5. The Balaban J connectivity index is 2.37. The lowest BCUT2D eigenvalue weighted by molar-refractivity contribution is -0.123. The quantitative estimate of drug-likeness (QED) is 0.861. The summed E-state index contributed by atoms with van der Waals surface area (Å²) in [5, 5.41) is 12.0. The Morgan fingerprint density at radius 3 is 2.72 bits per heavy atom. The van der Waals surface area contributed by atoms with Crippen LogP contribution in [0.3, 0.4) is 0 Å². The monoisotopic (exact) mass is 266 g/mol. The van der Waals surface area contributed by atoms with E-state index < -0.39 is 6.04 Å². The van der Waals surface area contributed by atoms with E-state index in [2.05, 4.69) is 5.32 Å². The van der Waals surface area contributed by atoms with Crippen molar-refractivity contribution in [3.05, 3.63) is 29.3 Å². The molecule has 1 unspecified atom stereocenters. The number of hydrogen-bond acceptors (Lipinski definition) is 3. The Hall–Kier alpha value is -1.73. The SMILES string of the molecule is CCCC(C#N)NC(=O)COc1ccc(Cl)cc1. The minimum atomic E-state index is -0.448. The van der Waals surface area contributed by atoms with Crippen molar-refractivity contribution >= 4 is 17.5 Å². The molecule has 0 radical (unpaired) electrons. The van der Waals surface area contributed by atoms with Crippen molar-refractivity contribution < 1.29 is 9.53 Å². The number of rotatable bonds is 6. The van der Waals surface area contributed by atoms with Crippen LogP contribution < -0.4 is 10.1 Å². The van der Waals surface area contributed by atoms with E-state index in [-0.39, 0.29) is 12.5 Å². The largest absolute Gasteiger partial charge is 0.484 e. The lowest BCUT2D eigenvalue weighted by Crippen LogP contribution is -2.36. The van der Waals surface area contributed by atoms with Gasteiger partial charge < -0.3 is 10.1 Å². The number of halogens is 1. The van der Waals surface area contributed by atoms with E-state index in [9.17, 15) is 4.79 Å². The van der Waals surface area contributed by atoms with Gasteiger partial charge >= 0.3 is 0 Å². The van der Waals surface area contributed by atoms with Crippen LogP contribution in [0.5, 0.6) is 5.75 Å². The van der Waals surface area contributed by atoms with Gasteiger partial charge in [-0.3, -0.25) is 4.79 Å². The van der Waals surface area contributed by atoms with Gasteiger partial charge in [0.15, 0.2) is 6.61 Å². The topological polar surface area (TPSA) is 62.1 Å². The van der Waals surface area contributed by atoms with E-state index in [1.54, 1.807) is 24.3 Å². The Morgan fingerprint density at radius 2 is 2.17 bits per heavy atom. The first-order valence-electron chi connectivity index (χ1n) is 5.73. The minimum Gasteiger partial charge on any atom is -0.484 e. The summed E-state index contributed by atoms with van der Waals surface area (Å²) >= 11 is 5.73. The van der Waals surface area contributed by atoms with E-state index in [4.69, 9.17) is 21.6 Å². The van der Waals surface area contributed by atoms with Gasteiger partial charge in [-0.1, -0.05) is 24.9 Å². The van der Waals surface area contributed by atoms with Gasteiger partial charge in [0, 0.05) is 5.02 Å². The first-order chi connectivity index (χ1) is 8.65. The molecule has 0 aliphatic carbocycles. The van der Waals surface area contributed by atoms with Crippen LogP contribution in [-0.2, 0) is 4.79 Å². The number of benzene rings is 1. The van der Waals surface area contributed by atoms with Crippen molar-refractivity contribution in [2.75, 3.05) is 6.61 Å². The van der Waals surface area contributed by atoms with Gasteiger partial charge in [0.05, 0.1) is 6.07 Å². The standard InChI is InChI=1S/C13H15ClN2O2/c1-2-3-11(8-15)16-13(17)9-18-12-6-4-10(14)5-7-12/h4-7,11H,2-3,9H2,1H3,(H,16,17). The van der Waals surface area contributed by atoms with Crippen molar-refractivity contribution in [1.82, 2.24) is 5.32 Å². The molecule has 0 aromatic heterocycles. The van der Waals surface area contributed by atoms with E-state index in [0.29, 0.717) is 17.2 Å². The Bertz CT molecular complexity index is 426. The lowest BCUT2D eigenvalue weighted by Gasteiger charge is -2.11. The van der Waals surface area contributed by atoms with Crippen molar-refractivity contribution in [1.29, 1.82) is 5.26 Å². The molecule has 0 saturated heterocycles. The van der Waals surface area contributed by atoms with Crippen LogP contribution in [0.1, 0.15) is 19.8 Å². The number of nitriles is 1. The molecule has 1 aromatic rings. The number of carbonyl (C=O) groups excluding carboxylic acids is 1. The fraction of sp³-hybridized carbons (Fsp3) is 0.385. The minimum absolute atomic E-state index is 0.108. The molecular weight excluding hydrogens is 252 g/mol. The van der Waals surface area contributed by atoms with Gasteiger partial charge in [-0.2, -0.15) is 5.26 Å². The molecule has 1 N–H and O–H groups in total. The molecule has 0 fully saturated rings. The zero-order valence-corrected chi connectivity index (χ0v) is 10.9. The smallest absolute Gasteiger partial charge is 0.258 e. The van der Waals surface area contributed by atoms with Crippen LogP contribution in [0.2, 0.25) is 5.02 Å². The Morgan fingerprint density at radius 1 is 1.50 bits per heavy atom. The van der Waals surface area contributed by atoms with Crippen molar-refractivity contribution in [3.63, 3.8) is 0 Å². The number of nitrogens with one attached hydrogen (secondary N) is 1. The Kier molecular flexibility index (Phi) is 6.03. The fourth-order valence-electron chi connectivity index (χ4n) is 1.37. The maximum Gasteiger partial charge on any atom is 0.258 e. The molecule has 1 atom stereocenters. The molecule has 0 spiro atoms. The molecule has 1 rings (SSSR count). The molecule has 1 amide bonds. The van der Waals surface area contributed by atoms with Gasteiger partial charge in [-0.05, 0) is 30.7 Å². The third kappa shape index (κ3) is 5.07. The molecule has 0 saturated carbocycles. The number of amides is 1. The average molecular weight is 267 g/mol. The molecule has 0 bridgehead atoms. The number of nitrogens with zero attached hydrogens (tertiary/aromatic N) is 1. The van der Waals surface area contributed by atoms with Crippen LogP contribution in [0.15, 0.2) is 24.3 Å². The summed E-state index contributed by atoms with van der Waals surface area (Å²) in [7, 11) is 0. The van der Waals surface area contributed by atoms with Crippen molar-refractivity contribution in [2.45, 2.75) is 25.8 Å². The average Bonchev–Trinajstić information content (AvgIpc) is 2.37. The second-order valence-electron chi connectivity index (χ2n) is 3.78. The third-order valence-corrected chi connectivity index (χ3v) is 2.50. The second-order valence-corrected chi connectivity index (χ2v) is 4.22. The van der Waals surface area contributed by atoms with Gasteiger partial charge in [-0.25, -0.2) is 0 Å². The first-order valence-corrected chi connectivity index (χ1v) is 6.11. The summed E-state index contributed by atoms with van der Waals surface area (Å²) in [6.45, 7) is 1.85. The molecule has 18 heavy (non-hydrogen) atoms. The summed E-state index contributed by atoms with van der Waals surface area (Å²) in [6.07, 6.45) is 1.49.